The smallest absolute Gasteiger partial charge is 0.0787 e. The Labute approximate surface area is 81.5 Å². The normalized spacial score (nSPS) is 25.5. The lowest BCUT2D eigenvalue weighted by molar-refractivity contribution is 0.301. The first-order valence-electron chi connectivity index (χ1n) is 5.10. The van der Waals surface area contributed by atoms with Crippen LogP contribution in [-0.4, -0.2) is 29.8 Å². The van der Waals surface area contributed by atoms with Crippen molar-refractivity contribution in [2.75, 3.05) is 19.8 Å². The number of unbranched alkanes of at least 4 members (excludes halogenated alkanes) is 2. The number of hydrogen-bond acceptors (Lipinski definition) is 2. The molecule has 0 bridgehead atoms. The van der Waals surface area contributed by atoms with Gasteiger partial charge in [-0.05, 0) is 25.7 Å². The molecule has 13 heavy (non-hydrogen) atoms. The van der Waals surface area contributed by atoms with Gasteiger partial charge >= 0.3 is 0 Å². The van der Waals surface area contributed by atoms with E-state index in [0.717, 1.165) is 19.5 Å². The molecular formula is C11H20N2. The Hall–Kier alpha value is -0.600. The fourth-order valence-corrected chi connectivity index (χ4v) is 1.42. The largest absolute Gasteiger partial charge is 0.225 e. The van der Waals surface area contributed by atoms with E-state index in [1.165, 1.54) is 25.9 Å². The van der Waals surface area contributed by atoms with Crippen molar-refractivity contribution < 1.29 is 0 Å². The number of allylic oxidation sites excluding steroid dienone is 2. The summed E-state index contributed by atoms with van der Waals surface area (Å²) in [6, 6.07) is 0. The summed E-state index contributed by atoms with van der Waals surface area (Å²) in [5.41, 5.74) is 0. The Morgan fingerprint density at radius 1 is 0.923 bits per heavy atom. The average molecular weight is 180 g/mol. The molecule has 1 fully saturated rings. The number of hydrogen-bond donors (Lipinski definition) is 0. The third-order valence-electron chi connectivity index (χ3n) is 2.29. The Morgan fingerprint density at radius 2 is 1.38 bits per heavy atom. The molecule has 74 valence electrons. The third kappa shape index (κ3) is 4.25. The highest BCUT2D eigenvalue weighted by Gasteiger charge is 2.28. The molecule has 2 heteroatoms. The van der Waals surface area contributed by atoms with E-state index < -0.39 is 0 Å². The highest BCUT2D eigenvalue weighted by Crippen LogP contribution is 2.16. The topological polar surface area (TPSA) is 6.02 Å². The van der Waals surface area contributed by atoms with Gasteiger partial charge in [-0.25, -0.2) is 10.0 Å². The molecule has 0 aromatic carbocycles. The molecule has 0 spiro atoms. The van der Waals surface area contributed by atoms with E-state index in [1.807, 2.05) is 12.2 Å². The summed E-state index contributed by atoms with van der Waals surface area (Å²) in [6.07, 6.45) is 8.73. The van der Waals surface area contributed by atoms with Crippen molar-refractivity contribution in [3.8, 4) is 0 Å². The summed E-state index contributed by atoms with van der Waals surface area (Å²) >= 11 is 0. The van der Waals surface area contributed by atoms with Crippen LogP contribution >= 0.6 is 0 Å². The summed E-state index contributed by atoms with van der Waals surface area (Å²) in [4.78, 5) is 0. The molecule has 1 aliphatic rings. The van der Waals surface area contributed by atoms with Gasteiger partial charge in [0.15, 0.2) is 0 Å². The molecule has 2 atom stereocenters. The molecule has 1 aliphatic heterocycles. The minimum Gasteiger partial charge on any atom is -0.225 e. The van der Waals surface area contributed by atoms with E-state index in [9.17, 15) is 0 Å². The first-order chi connectivity index (χ1) is 6.38. The molecule has 0 N–H and O–H groups in total. The zero-order valence-corrected chi connectivity index (χ0v) is 8.41. The summed E-state index contributed by atoms with van der Waals surface area (Å²) in [5, 5.41) is 4.79. The second-order valence-corrected chi connectivity index (χ2v) is 3.46. The van der Waals surface area contributed by atoms with Crippen LogP contribution in [-0.2, 0) is 0 Å². The summed E-state index contributed by atoms with van der Waals surface area (Å²) in [5.74, 6) is 0. The first-order valence-corrected chi connectivity index (χ1v) is 5.10. The van der Waals surface area contributed by atoms with E-state index in [1.54, 1.807) is 0 Å². The van der Waals surface area contributed by atoms with Crippen molar-refractivity contribution in [2.45, 2.75) is 25.7 Å². The van der Waals surface area contributed by atoms with Gasteiger partial charge in [0, 0.05) is 13.1 Å². The third-order valence-corrected chi connectivity index (χ3v) is 2.29. The van der Waals surface area contributed by atoms with Gasteiger partial charge in [0.1, 0.15) is 0 Å². The van der Waals surface area contributed by atoms with Crippen molar-refractivity contribution in [3.05, 3.63) is 25.3 Å². The Balaban J connectivity index is 1.90. The van der Waals surface area contributed by atoms with Crippen LogP contribution < -0.4 is 0 Å². The molecule has 0 aromatic heterocycles. The predicted molar refractivity (Wildman–Crippen MR) is 57.1 cm³/mol. The van der Waals surface area contributed by atoms with Crippen LogP contribution in [0.15, 0.2) is 25.3 Å². The predicted octanol–water partition coefficient (Wildman–Crippen LogP) is 2.41. The fourth-order valence-electron chi connectivity index (χ4n) is 1.42. The van der Waals surface area contributed by atoms with Gasteiger partial charge in [-0.3, -0.25) is 0 Å². The molecule has 0 saturated carbocycles. The first kappa shape index (κ1) is 10.5. The zero-order chi connectivity index (χ0) is 9.52. The van der Waals surface area contributed by atoms with Gasteiger partial charge in [-0.1, -0.05) is 12.2 Å². The highest BCUT2D eigenvalue weighted by molar-refractivity contribution is 4.74. The van der Waals surface area contributed by atoms with Crippen molar-refractivity contribution in [1.29, 1.82) is 0 Å². The van der Waals surface area contributed by atoms with Crippen LogP contribution in [0.5, 0.6) is 0 Å². The minimum atomic E-state index is 1.14. The van der Waals surface area contributed by atoms with Gasteiger partial charge in [0.2, 0.25) is 0 Å². The van der Waals surface area contributed by atoms with Crippen molar-refractivity contribution in [2.24, 2.45) is 0 Å². The van der Waals surface area contributed by atoms with Crippen LogP contribution in [0.3, 0.4) is 0 Å². The summed E-state index contributed by atoms with van der Waals surface area (Å²) in [6.45, 7) is 11.0. The van der Waals surface area contributed by atoms with Gasteiger partial charge in [-0.15, -0.1) is 13.2 Å². The molecule has 1 heterocycles. The lowest BCUT2D eigenvalue weighted by Crippen LogP contribution is -2.09. The SMILES string of the molecule is C=CCCCN1CN1CCCC=C. The number of hydrazine groups is 1. The fraction of sp³-hybridized carbons (Fsp3) is 0.636. The quantitative estimate of drug-likeness (QED) is 0.321. The lowest BCUT2D eigenvalue weighted by Gasteiger charge is -2.02. The van der Waals surface area contributed by atoms with Gasteiger partial charge in [0.25, 0.3) is 0 Å². The molecule has 1 rings (SSSR count). The van der Waals surface area contributed by atoms with Gasteiger partial charge in [-0.2, -0.15) is 0 Å². The van der Waals surface area contributed by atoms with Crippen LogP contribution in [0.2, 0.25) is 0 Å². The van der Waals surface area contributed by atoms with E-state index in [4.69, 9.17) is 0 Å². The Morgan fingerprint density at radius 3 is 1.77 bits per heavy atom. The van der Waals surface area contributed by atoms with Crippen LogP contribution in [0.1, 0.15) is 25.7 Å². The van der Waals surface area contributed by atoms with Crippen LogP contribution in [0, 0.1) is 0 Å². The van der Waals surface area contributed by atoms with Crippen molar-refractivity contribution >= 4 is 0 Å². The summed E-state index contributed by atoms with van der Waals surface area (Å²) in [7, 11) is 0. The Kier molecular flexibility index (Phi) is 4.79. The molecule has 2 nitrogen and oxygen atoms in total. The van der Waals surface area contributed by atoms with Gasteiger partial charge in [0.05, 0.1) is 6.67 Å². The maximum atomic E-state index is 3.71. The second kappa shape index (κ2) is 5.95. The van der Waals surface area contributed by atoms with E-state index in [2.05, 4.69) is 23.2 Å². The molecule has 1 saturated heterocycles. The average Bonchev–Trinajstić information content (AvgIpc) is 2.85. The molecule has 0 aliphatic carbocycles. The van der Waals surface area contributed by atoms with E-state index in [0.29, 0.717) is 0 Å². The molecule has 0 amide bonds. The minimum absolute atomic E-state index is 1.14. The molecule has 0 aromatic rings. The number of nitrogens with zero attached hydrogens (tertiary/aromatic N) is 2. The lowest BCUT2D eigenvalue weighted by atomic mass is 10.3. The van der Waals surface area contributed by atoms with Crippen LogP contribution in [0.4, 0.5) is 0 Å². The van der Waals surface area contributed by atoms with Gasteiger partial charge < -0.3 is 0 Å². The Bertz CT molecular complexity index is 147. The maximum absolute atomic E-state index is 3.71. The molecular weight excluding hydrogens is 160 g/mol. The molecule has 0 radical (unpaired) electrons. The monoisotopic (exact) mass is 180 g/mol. The van der Waals surface area contributed by atoms with Crippen molar-refractivity contribution in [1.82, 2.24) is 10.0 Å². The number of rotatable bonds is 8. The second-order valence-electron chi connectivity index (χ2n) is 3.46. The zero-order valence-electron chi connectivity index (χ0n) is 8.41. The maximum Gasteiger partial charge on any atom is 0.0787 e. The molecule has 2 unspecified atom stereocenters. The summed E-state index contributed by atoms with van der Waals surface area (Å²) < 4.78 is 0. The van der Waals surface area contributed by atoms with Crippen LogP contribution in [0.25, 0.3) is 0 Å². The van der Waals surface area contributed by atoms with E-state index in [-0.39, 0.29) is 0 Å². The van der Waals surface area contributed by atoms with Crippen molar-refractivity contribution in [3.63, 3.8) is 0 Å². The highest BCUT2D eigenvalue weighted by atomic mass is 15.8. The van der Waals surface area contributed by atoms with E-state index >= 15 is 0 Å². The standard InChI is InChI=1S/C11H20N2/c1-3-5-7-9-12-11-13(12)10-8-6-4-2/h3-4H,1-2,5-11H2.